The first-order valence-corrected chi connectivity index (χ1v) is 7.34. The Morgan fingerprint density at radius 3 is 2.47 bits per heavy atom. The smallest absolute Gasteiger partial charge is 0.233 e. The van der Waals surface area contributed by atoms with E-state index in [1.165, 1.54) is 0 Å². The quantitative estimate of drug-likeness (QED) is 0.589. The lowest BCUT2D eigenvalue weighted by atomic mass is 10.1. The maximum Gasteiger partial charge on any atom is 0.288 e. The predicted molar refractivity (Wildman–Crippen MR) is 76.4 cm³/mol. The van der Waals surface area contributed by atoms with Crippen molar-refractivity contribution in [2.24, 2.45) is 0 Å². The number of hydrogen-bond donors (Lipinski definition) is 0. The minimum atomic E-state index is -2.40. The molecule has 2 rings (SSSR count). The molecule has 0 bridgehead atoms. The van der Waals surface area contributed by atoms with E-state index in [1.807, 2.05) is 13.0 Å². The first-order valence-electron chi connectivity index (χ1n) is 5.67. The number of aromatic nitrogens is 2. The molecular formula is C13H11BrF2N2S. The van der Waals surface area contributed by atoms with Gasteiger partial charge in [-0.2, -0.15) is 8.78 Å². The standard InChI is InChI=1S/C13H11BrF2N2S/c1-2-12-17-10(7-11(14)18-12)8-3-5-9(6-4-8)19-13(15)16/h3-7,13H,2H2,1H3. The summed E-state index contributed by atoms with van der Waals surface area (Å²) in [6.07, 6.45) is 0.742. The van der Waals surface area contributed by atoms with Crippen molar-refractivity contribution >= 4 is 27.7 Å². The number of nitrogens with zero attached hydrogens (tertiary/aromatic N) is 2. The molecule has 0 aliphatic carbocycles. The van der Waals surface area contributed by atoms with Crippen LogP contribution in [0, 0.1) is 0 Å². The van der Waals surface area contributed by atoms with Gasteiger partial charge in [0.2, 0.25) is 0 Å². The molecule has 0 spiro atoms. The van der Waals surface area contributed by atoms with E-state index in [9.17, 15) is 8.78 Å². The third-order valence-corrected chi connectivity index (χ3v) is 3.56. The summed E-state index contributed by atoms with van der Waals surface area (Å²) in [5.41, 5.74) is 1.67. The van der Waals surface area contributed by atoms with E-state index >= 15 is 0 Å². The second-order valence-electron chi connectivity index (χ2n) is 3.75. The Morgan fingerprint density at radius 1 is 1.21 bits per heavy atom. The molecule has 0 fully saturated rings. The highest BCUT2D eigenvalue weighted by molar-refractivity contribution is 9.10. The molecule has 2 nitrogen and oxygen atoms in total. The Balaban J connectivity index is 2.29. The maximum atomic E-state index is 12.2. The SMILES string of the molecule is CCc1nc(Br)cc(-c2ccc(SC(F)F)cc2)n1. The Kier molecular flexibility index (Phi) is 4.87. The summed E-state index contributed by atoms with van der Waals surface area (Å²) < 4.78 is 25.2. The number of aryl methyl sites for hydroxylation is 1. The van der Waals surface area contributed by atoms with Gasteiger partial charge in [-0.3, -0.25) is 0 Å². The molecule has 1 aromatic carbocycles. The summed E-state index contributed by atoms with van der Waals surface area (Å²) in [7, 11) is 0. The average Bonchev–Trinajstić information content (AvgIpc) is 2.38. The lowest BCUT2D eigenvalue weighted by Gasteiger charge is -2.05. The molecule has 0 radical (unpaired) electrons. The van der Waals surface area contributed by atoms with Gasteiger partial charge in [-0.05, 0) is 34.1 Å². The number of alkyl halides is 2. The fourth-order valence-corrected chi connectivity index (χ4v) is 2.50. The molecule has 1 heterocycles. The monoisotopic (exact) mass is 344 g/mol. The Bertz CT molecular complexity index is 561. The zero-order valence-corrected chi connectivity index (χ0v) is 12.5. The van der Waals surface area contributed by atoms with E-state index in [0.29, 0.717) is 16.7 Å². The van der Waals surface area contributed by atoms with Gasteiger partial charge in [-0.1, -0.05) is 30.8 Å². The summed E-state index contributed by atoms with van der Waals surface area (Å²) in [6.45, 7) is 1.98. The first-order chi connectivity index (χ1) is 9.08. The maximum absolute atomic E-state index is 12.2. The number of rotatable bonds is 4. The normalized spacial score (nSPS) is 11.0. The molecule has 0 saturated carbocycles. The van der Waals surface area contributed by atoms with Crippen molar-refractivity contribution in [1.82, 2.24) is 9.97 Å². The molecule has 2 aromatic rings. The molecule has 0 saturated heterocycles. The van der Waals surface area contributed by atoms with Gasteiger partial charge in [-0.15, -0.1) is 0 Å². The number of halogens is 3. The van der Waals surface area contributed by atoms with Crippen molar-refractivity contribution in [2.75, 3.05) is 0 Å². The minimum Gasteiger partial charge on any atom is -0.233 e. The third-order valence-electron chi connectivity index (χ3n) is 2.43. The molecule has 6 heteroatoms. The number of benzene rings is 1. The molecule has 0 aliphatic heterocycles. The van der Waals surface area contributed by atoms with Gasteiger partial charge in [0.1, 0.15) is 10.4 Å². The predicted octanol–water partition coefficient (Wildman–Crippen LogP) is 4.78. The second-order valence-corrected chi connectivity index (χ2v) is 5.62. The lowest BCUT2D eigenvalue weighted by molar-refractivity contribution is 0.252. The second kappa shape index (κ2) is 6.43. The van der Waals surface area contributed by atoms with Gasteiger partial charge in [-0.25, -0.2) is 9.97 Å². The van der Waals surface area contributed by atoms with E-state index in [-0.39, 0.29) is 0 Å². The van der Waals surface area contributed by atoms with Gasteiger partial charge in [0, 0.05) is 16.9 Å². The van der Waals surface area contributed by atoms with E-state index in [0.717, 1.165) is 28.1 Å². The molecule has 0 atom stereocenters. The van der Waals surface area contributed by atoms with Crippen LogP contribution in [0.25, 0.3) is 11.3 Å². The lowest BCUT2D eigenvalue weighted by Crippen LogP contribution is -1.95. The van der Waals surface area contributed by atoms with Crippen LogP contribution in [0.5, 0.6) is 0 Å². The summed E-state index contributed by atoms with van der Waals surface area (Å²) in [4.78, 5) is 9.20. The van der Waals surface area contributed by atoms with Crippen LogP contribution < -0.4 is 0 Å². The van der Waals surface area contributed by atoms with Gasteiger partial charge in [0.05, 0.1) is 5.69 Å². The number of hydrogen-bond acceptors (Lipinski definition) is 3. The van der Waals surface area contributed by atoms with Crippen LogP contribution in [0.3, 0.4) is 0 Å². The largest absolute Gasteiger partial charge is 0.288 e. The summed E-state index contributed by atoms with van der Waals surface area (Å²) in [5.74, 6) is -1.65. The fraction of sp³-hybridized carbons (Fsp3) is 0.231. The van der Waals surface area contributed by atoms with Gasteiger partial charge < -0.3 is 0 Å². The zero-order chi connectivity index (χ0) is 13.8. The van der Waals surface area contributed by atoms with Crippen LogP contribution in [0.4, 0.5) is 8.78 Å². The van der Waals surface area contributed by atoms with Gasteiger partial charge in [0.15, 0.2) is 0 Å². The van der Waals surface area contributed by atoms with Crippen LogP contribution in [0.1, 0.15) is 12.7 Å². The molecule has 100 valence electrons. The van der Waals surface area contributed by atoms with Crippen LogP contribution >= 0.6 is 27.7 Å². The van der Waals surface area contributed by atoms with Crippen molar-refractivity contribution in [3.63, 3.8) is 0 Å². The summed E-state index contributed by atoms with van der Waals surface area (Å²) in [6, 6.07) is 8.74. The van der Waals surface area contributed by atoms with Gasteiger partial charge >= 0.3 is 0 Å². The highest BCUT2D eigenvalue weighted by Gasteiger charge is 2.07. The van der Waals surface area contributed by atoms with Crippen LogP contribution in [-0.2, 0) is 6.42 Å². The zero-order valence-electron chi connectivity index (χ0n) is 10.1. The van der Waals surface area contributed by atoms with Crippen molar-refractivity contribution < 1.29 is 8.78 Å². The van der Waals surface area contributed by atoms with E-state index in [2.05, 4.69) is 25.9 Å². The van der Waals surface area contributed by atoms with E-state index in [4.69, 9.17) is 0 Å². The minimum absolute atomic E-state index is 0.538. The van der Waals surface area contributed by atoms with Crippen LogP contribution in [0.2, 0.25) is 0 Å². The van der Waals surface area contributed by atoms with Crippen molar-refractivity contribution in [3.05, 3.63) is 40.8 Å². The molecule has 1 aromatic heterocycles. The molecule has 0 N–H and O–H groups in total. The van der Waals surface area contributed by atoms with Gasteiger partial charge in [0.25, 0.3) is 5.76 Å². The molecular weight excluding hydrogens is 334 g/mol. The summed E-state index contributed by atoms with van der Waals surface area (Å²) in [5, 5.41) is 0. The molecule has 0 amide bonds. The van der Waals surface area contributed by atoms with Crippen molar-refractivity contribution in [3.8, 4) is 11.3 Å². The Hall–Kier alpha value is -1.01. The summed E-state index contributed by atoms with van der Waals surface area (Å²) >= 11 is 3.88. The average molecular weight is 345 g/mol. The highest BCUT2D eigenvalue weighted by Crippen LogP contribution is 2.28. The fourth-order valence-electron chi connectivity index (χ4n) is 1.58. The first kappa shape index (κ1) is 14.4. The van der Waals surface area contributed by atoms with Crippen LogP contribution in [0.15, 0.2) is 39.8 Å². The van der Waals surface area contributed by atoms with Crippen molar-refractivity contribution in [2.45, 2.75) is 24.0 Å². The molecule has 0 aliphatic rings. The Labute approximate surface area is 122 Å². The Morgan fingerprint density at radius 2 is 1.89 bits per heavy atom. The topological polar surface area (TPSA) is 25.8 Å². The molecule has 0 unspecified atom stereocenters. The van der Waals surface area contributed by atoms with Crippen LogP contribution in [-0.4, -0.2) is 15.7 Å². The third kappa shape index (κ3) is 3.98. The van der Waals surface area contributed by atoms with E-state index in [1.54, 1.807) is 24.3 Å². The van der Waals surface area contributed by atoms with E-state index < -0.39 is 5.76 Å². The number of thioether (sulfide) groups is 1. The molecule has 19 heavy (non-hydrogen) atoms. The van der Waals surface area contributed by atoms with Crippen molar-refractivity contribution in [1.29, 1.82) is 0 Å². The highest BCUT2D eigenvalue weighted by atomic mass is 79.9.